The van der Waals surface area contributed by atoms with Crippen LogP contribution in [0.1, 0.15) is 16.8 Å². The number of carbonyl (C=O) groups excluding carboxylic acids is 1. The van der Waals surface area contributed by atoms with E-state index in [0.717, 1.165) is 12.3 Å². The molecule has 100 valence electrons. The van der Waals surface area contributed by atoms with Gasteiger partial charge in [-0.15, -0.1) is 0 Å². The summed E-state index contributed by atoms with van der Waals surface area (Å²) in [6.07, 6.45) is 3.27. The summed E-state index contributed by atoms with van der Waals surface area (Å²) in [7, 11) is 0.738. The van der Waals surface area contributed by atoms with Crippen molar-refractivity contribution in [2.24, 2.45) is 0 Å². The number of pyridine rings is 1. The van der Waals surface area contributed by atoms with Crippen molar-refractivity contribution >= 4 is 22.5 Å². The first-order valence-electron chi connectivity index (χ1n) is 5.46. The summed E-state index contributed by atoms with van der Waals surface area (Å²) in [4.78, 5) is 15.6. The molecule has 0 spiro atoms. The van der Waals surface area contributed by atoms with Gasteiger partial charge in [0.05, 0.1) is 11.8 Å². The second-order valence-electron chi connectivity index (χ2n) is 3.69. The van der Waals surface area contributed by atoms with E-state index in [9.17, 15) is 13.4 Å². The number of halogens is 1. The Morgan fingerprint density at radius 1 is 1.56 bits per heavy atom. The Kier molecular flexibility index (Phi) is 5.70. The van der Waals surface area contributed by atoms with Gasteiger partial charge in [-0.2, -0.15) is 0 Å². The number of hydrogen-bond acceptors (Lipinski definition) is 4. The van der Waals surface area contributed by atoms with E-state index in [1.165, 1.54) is 0 Å². The fourth-order valence-electron chi connectivity index (χ4n) is 1.38. The lowest BCUT2D eigenvalue weighted by atomic mass is 10.2. The molecule has 1 aromatic rings. The summed E-state index contributed by atoms with van der Waals surface area (Å²) < 4.78 is 23.9. The molecule has 7 heteroatoms. The molecule has 0 saturated carbocycles. The highest BCUT2D eigenvalue weighted by Gasteiger charge is 2.12. The maximum Gasteiger partial charge on any atom is 0.255 e. The topological polar surface area (TPSA) is 71.1 Å². The average Bonchev–Trinajstić information content (AvgIpc) is 2.34. The zero-order valence-corrected chi connectivity index (χ0v) is 11.1. The Morgan fingerprint density at radius 3 is 2.89 bits per heavy atom. The molecular formula is C11H16FN3O2S. The predicted molar refractivity (Wildman–Crippen MR) is 69.6 cm³/mol. The number of nitrogens with zero attached hydrogens (tertiary/aromatic N) is 1. The van der Waals surface area contributed by atoms with Crippen molar-refractivity contribution in [1.29, 1.82) is 0 Å². The number of rotatable bonds is 6. The van der Waals surface area contributed by atoms with Gasteiger partial charge in [0, 0.05) is 36.4 Å². The van der Waals surface area contributed by atoms with E-state index in [-0.39, 0.29) is 5.56 Å². The van der Waals surface area contributed by atoms with Crippen LogP contribution in [0.25, 0.3) is 0 Å². The molecule has 1 unspecified atom stereocenters. The van der Waals surface area contributed by atoms with Crippen LogP contribution < -0.4 is 10.6 Å². The summed E-state index contributed by atoms with van der Waals surface area (Å²) in [5, 5.41) is 5.36. The Balaban J connectivity index is 2.60. The highest BCUT2D eigenvalue weighted by atomic mass is 32.2. The van der Waals surface area contributed by atoms with E-state index in [1.807, 2.05) is 0 Å². The van der Waals surface area contributed by atoms with Crippen LogP contribution in [-0.2, 0) is 10.8 Å². The number of carbonyl (C=O) groups is 1. The molecule has 1 heterocycles. The molecule has 0 radical (unpaired) electrons. The standard InChI is InChI=1S/C11H16FN3O2S/c1-13-10-9(6-8(12)7-15-10)11(16)14-4-3-5-18(2)17/h6-7H,3-5H2,1-2H3,(H,13,15)(H,14,16). The van der Waals surface area contributed by atoms with Crippen molar-refractivity contribution < 1.29 is 13.4 Å². The van der Waals surface area contributed by atoms with Crippen LogP contribution in [0.2, 0.25) is 0 Å². The van der Waals surface area contributed by atoms with Crippen molar-refractivity contribution in [1.82, 2.24) is 10.3 Å². The molecule has 18 heavy (non-hydrogen) atoms. The SMILES string of the molecule is CNc1ncc(F)cc1C(=O)NCCCS(C)=O. The third kappa shape index (κ3) is 4.40. The first-order chi connectivity index (χ1) is 8.54. The van der Waals surface area contributed by atoms with Crippen molar-refractivity contribution in [3.8, 4) is 0 Å². The Hall–Kier alpha value is -1.50. The number of nitrogens with one attached hydrogen (secondary N) is 2. The van der Waals surface area contributed by atoms with Gasteiger partial charge in [-0.05, 0) is 12.5 Å². The molecule has 1 rings (SSSR count). The van der Waals surface area contributed by atoms with Gasteiger partial charge >= 0.3 is 0 Å². The molecule has 0 aromatic carbocycles. The molecule has 1 atom stereocenters. The van der Waals surface area contributed by atoms with Gasteiger partial charge < -0.3 is 10.6 Å². The summed E-state index contributed by atoms with van der Waals surface area (Å²) in [5.74, 6) is -0.101. The Labute approximate surface area is 108 Å². The van der Waals surface area contributed by atoms with E-state index in [0.29, 0.717) is 24.5 Å². The lowest BCUT2D eigenvalue weighted by Gasteiger charge is -2.08. The molecule has 1 amide bonds. The van der Waals surface area contributed by atoms with Crippen molar-refractivity contribution in [3.63, 3.8) is 0 Å². The molecule has 0 bridgehead atoms. The van der Waals surface area contributed by atoms with E-state index in [4.69, 9.17) is 0 Å². The molecule has 0 aliphatic heterocycles. The molecular weight excluding hydrogens is 257 g/mol. The zero-order chi connectivity index (χ0) is 13.5. The smallest absolute Gasteiger partial charge is 0.255 e. The second kappa shape index (κ2) is 7.05. The van der Waals surface area contributed by atoms with Gasteiger partial charge in [-0.25, -0.2) is 9.37 Å². The highest BCUT2D eigenvalue weighted by Crippen LogP contribution is 2.12. The van der Waals surface area contributed by atoms with Gasteiger partial charge in [-0.1, -0.05) is 0 Å². The van der Waals surface area contributed by atoms with Gasteiger partial charge in [-0.3, -0.25) is 9.00 Å². The first kappa shape index (κ1) is 14.6. The molecule has 0 saturated heterocycles. The Bertz CT molecular complexity index is 454. The molecule has 5 nitrogen and oxygen atoms in total. The average molecular weight is 273 g/mol. The fraction of sp³-hybridized carbons (Fsp3) is 0.455. The highest BCUT2D eigenvalue weighted by molar-refractivity contribution is 7.84. The predicted octanol–water partition coefficient (Wildman–Crippen LogP) is 0.761. The van der Waals surface area contributed by atoms with E-state index in [2.05, 4.69) is 15.6 Å². The van der Waals surface area contributed by atoms with Crippen LogP contribution in [0.15, 0.2) is 12.3 Å². The van der Waals surface area contributed by atoms with E-state index in [1.54, 1.807) is 13.3 Å². The van der Waals surface area contributed by atoms with Crippen molar-refractivity contribution in [2.45, 2.75) is 6.42 Å². The maximum absolute atomic E-state index is 13.0. The van der Waals surface area contributed by atoms with Crippen molar-refractivity contribution in [3.05, 3.63) is 23.6 Å². The number of anilines is 1. The minimum atomic E-state index is -0.870. The van der Waals surface area contributed by atoms with Crippen LogP contribution in [0, 0.1) is 5.82 Å². The second-order valence-corrected chi connectivity index (χ2v) is 5.24. The van der Waals surface area contributed by atoms with E-state index < -0.39 is 22.5 Å². The van der Waals surface area contributed by atoms with Gasteiger partial charge in [0.2, 0.25) is 0 Å². The monoisotopic (exact) mass is 273 g/mol. The summed E-state index contributed by atoms with van der Waals surface area (Å²) in [6, 6.07) is 1.13. The van der Waals surface area contributed by atoms with Gasteiger partial charge in [0.1, 0.15) is 11.6 Å². The number of amides is 1. The van der Waals surface area contributed by atoms with Crippen LogP contribution in [0.3, 0.4) is 0 Å². The third-order valence-electron chi connectivity index (χ3n) is 2.23. The summed E-state index contributed by atoms with van der Waals surface area (Å²) in [5.41, 5.74) is 0.162. The van der Waals surface area contributed by atoms with Crippen LogP contribution in [0.5, 0.6) is 0 Å². The Morgan fingerprint density at radius 2 is 2.28 bits per heavy atom. The van der Waals surface area contributed by atoms with Crippen LogP contribution >= 0.6 is 0 Å². The zero-order valence-electron chi connectivity index (χ0n) is 10.3. The number of hydrogen-bond donors (Lipinski definition) is 2. The van der Waals surface area contributed by atoms with Crippen LogP contribution in [0.4, 0.5) is 10.2 Å². The molecule has 0 fully saturated rings. The minimum absolute atomic E-state index is 0.162. The summed E-state index contributed by atoms with van der Waals surface area (Å²) in [6.45, 7) is 0.401. The normalized spacial score (nSPS) is 11.9. The van der Waals surface area contributed by atoms with Gasteiger partial charge in [0.15, 0.2) is 0 Å². The van der Waals surface area contributed by atoms with E-state index >= 15 is 0 Å². The van der Waals surface area contributed by atoms with Gasteiger partial charge in [0.25, 0.3) is 5.91 Å². The largest absolute Gasteiger partial charge is 0.372 e. The lowest BCUT2D eigenvalue weighted by Crippen LogP contribution is -2.26. The minimum Gasteiger partial charge on any atom is -0.372 e. The molecule has 0 aliphatic rings. The fourth-order valence-corrected chi connectivity index (χ4v) is 1.94. The van der Waals surface area contributed by atoms with Crippen LogP contribution in [-0.4, -0.2) is 40.7 Å². The first-order valence-corrected chi connectivity index (χ1v) is 7.19. The quantitative estimate of drug-likeness (QED) is 0.751. The number of aromatic nitrogens is 1. The van der Waals surface area contributed by atoms with Crippen molar-refractivity contribution in [2.75, 3.05) is 30.9 Å². The molecule has 0 aliphatic carbocycles. The maximum atomic E-state index is 13.0. The molecule has 1 aromatic heterocycles. The summed E-state index contributed by atoms with van der Waals surface area (Å²) >= 11 is 0. The third-order valence-corrected chi connectivity index (χ3v) is 3.09. The lowest BCUT2D eigenvalue weighted by molar-refractivity contribution is 0.0954. The molecule has 2 N–H and O–H groups in total.